The Bertz CT molecular complexity index is 631. The summed E-state index contributed by atoms with van der Waals surface area (Å²) in [5, 5.41) is 10.6. The first kappa shape index (κ1) is 14.3. The quantitative estimate of drug-likeness (QED) is 0.879. The van der Waals surface area contributed by atoms with Gasteiger partial charge >= 0.3 is 0 Å². The molecule has 0 spiro atoms. The summed E-state index contributed by atoms with van der Waals surface area (Å²) in [6.07, 6.45) is 7.78. The highest BCUT2D eigenvalue weighted by atomic mass is 16.5. The molecule has 0 radical (unpaired) electrons. The predicted molar refractivity (Wildman–Crippen MR) is 88.9 cm³/mol. The van der Waals surface area contributed by atoms with Crippen LogP contribution in [-0.4, -0.2) is 18.3 Å². The monoisotopic (exact) mass is 298 g/mol. The molecule has 1 aromatic rings. The van der Waals surface area contributed by atoms with E-state index in [0.717, 1.165) is 37.9 Å². The maximum Gasteiger partial charge on any atom is 0.119 e. The third-order valence-electron chi connectivity index (χ3n) is 6.69. The summed E-state index contributed by atoms with van der Waals surface area (Å²) in [6, 6.07) is 6.57. The second-order valence-corrected chi connectivity index (χ2v) is 7.26. The van der Waals surface area contributed by atoms with E-state index in [-0.39, 0.29) is 11.5 Å². The largest absolute Gasteiger partial charge is 0.497 e. The molecule has 0 aromatic heterocycles. The van der Waals surface area contributed by atoms with E-state index in [2.05, 4.69) is 25.1 Å². The third-order valence-corrected chi connectivity index (χ3v) is 6.69. The fourth-order valence-corrected chi connectivity index (χ4v) is 5.48. The highest BCUT2D eigenvalue weighted by Crippen LogP contribution is 2.59. The Labute approximate surface area is 133 Å². The molecule has 3 aliphatic rings. The summed E-state index contributed by atoms with van der Waals surface area (Å²) in [6.45, 7) is 2.27. The zero-order valence-corrected chi connectivity index (χ0v) is 13.7. The highest BCUT2D eigenvalue weighted by Gasteiger charge is 2.52. The normalized spacial score (nSPS) is 33.2. The van der Waals surface area contributed by atoms with Crippen LogP contribution in [0.4, 0.5) is 0 Å². The van der Waals surface area contributed by atoms with E-state index in [9.17, 15) is 5.11 Å². The number of methoxy groups -OCH3 is 1. The van der Waals surface area contributed by atoms with Crippen LogP contribution < -0.4 is 4.74 Å². The molecule has 4 rings (SSSR count). The number of benzene rings is 1. The van der Waals surface area contributed by atoms with Crippen molar-refractivity contribution in [3.05, 3.63) is 34.9 Å². The molecule has 118 valence electrons. The van der Waals surface area contributed by atoms with Crippen LogP contribution in [0.3, 0.4) is 0 Å². The van der Waals surface area contributed by atoms with Gasteiger partial charge in [-0.15, -0.1) is 0 Å². The molecule has 0 aliphatic heterocycles. The second-order valence-electron chi connectivity index (χ2n) is 7.26. The molecular formula is C20H26O2. The van der Waals surface area contributed by atoms with Crippen molar-refractivity contribution >= 4 is 5.57 Å². The van der Waals surface area contributed by atoms with Crippen molar-refractivity contribution < 1.29 is 9.84 Å². The molecule has 0 bridgehead atoms. The first-order valence-electron chi connectivity index (χ1n) is 8.77. The molecule has 3 atom stereocenters. The zero-order chi connectivity index (χ0) is 15.3. The molecular weight excluding hydrogens is 272 g/mol. The van der Waals surface area contributed by atoms with Gasteiger partial charge < -0.3 is 9.84 Å². The first-order chi connectivity index (χ1) is 10.7. The lowest BCUT2D eigenvalue weighted by Crippen LogP contribution is -2.39. The van der Waals surface area contributed by atoms with Crippen molar-refractivity contribution in [2.75, 3.05) is 7.11 Å². The van der Waals surface area contributed by atoms with Crippen molar-refractivity contribution in [3.63, 3.8) is 0 Å². The Balaban J connectivity index is 1.79. The number of aliphatic hydroxyl groups excluding tert-OH is 1. The van der Waals surface area contributed by atoms with Crippen LogP contribution in [0.15, 0.2) is 23.8 Å². The summed E-state index contributed by atoms with van der Waals surface area (Å²) in [4.78, 5) is 0. The first-order valence-corrected chi connectivity index (χ1v) is 8.77. The second kappa shape index (κ2) is 5.13. The number of hydrogen-bond donors (Lipinski definition) is 1. The fourth-order valence-electron chi connectivity index (χ4n) is 5.48. The minimum absolute atomic E-state index is 0.0891. The van der Waals surface area contributed by atoms with Crippen LogP contribution in [0.1, 0.15) is 56.6 Å². The zero-order valence-electron chi connectivity index (χ0n) is 13.7. The van der Waals surface area contributed by atoms with Crippen LogP contribution in [0, 0.1) is 11.3 Å². The standard InChI is InChI=1S/C20H26O2/c1-3-20-11-10-16-15-7-5-14(22-2)12-13(15)4-6-17(16)18(20)8-9-19(20)21/h5,7,12,18-19,21H,3-4,6,8-11H2,1-2H3. The van der Waals surface area contributed by atoms with E-state index in [4.69, 9.17) is 4.74 Å². The lowest BCUT2D eigenvalue weighted by molar-refractivity contribution is 0.0193. The molecule has 22 heavy (non-hydrogen) atoms. The smallest absolute Gasteiger partial charge is 0.119 e. The Kier molecular flexibility index (Phi) is 3.34. The van der Waals surface area contributed by atoms with E-state index < -0.39 is 0 Å². The lowest BCUT2D eigenvalue weighted by atomic mass is 9.60. The van der Waals surface area contributed by atoms with Crippen LogP contribution in [-0.2, 0) is 6.42 Å². The summed E-state index contributed by atoms with van der Waals surface area (Å²) in [7, 11) is 1.74. The van der Waals surface area contributed by atoms with Gasteiger partial charge in [0.05, 0.1) is 13.2 Å². The van der Waals surface area contributed by atoms with Crippen molar-refractivity contribution in [2.24, 2.45) is 11.3 Å². The average molecular weight is 298 g/mol. The van der Waals surface area contributed by atoms with E-state index in [1.807, 2.05) is 0 Å². The van der Waals surface area contributed by atoms with Crippen molar-refractivity contribution in [3.8, 4) is 5.75 Å². The Hall–Kier alpha value is -1.28. The van der Waals surface area contributed by atoms with Crippen LogP contribution >= 0.6 is 0 Å². The average Bonchev–Trinajstić information content (AvgIpc) is 2.91. The number of hydrogen-bond acceptors (Lipinski definition) is 2. The van der Waals surface area contributed by atoms with Crippen molar-refractivity contribution in [1.29, 1.82) is 0 Å². The SMILES string of the molecule is CCC12CCC3=C(CCc4cc(OC)ccc43)C1CCC2O. The molecule has 1 aromatic carbocycles. The molecule has 0 heterocycles. The molecule has 0 amide bonds. The molecule has 3 unspecified atom stereocenters. The van der Waals surface area contributed by atoms with Gasteiger partial charge in [-0.05, 0) is 79.7 Å². The molecule has 3 aliphatic carbocycles. The van der Waals surface area contributed by atoms with Gasteiger partial charge in [0.1, 0.15) is 5.75 Å². The van der Waals surface area contributed by atoms with Gasteiger partial charge in [-0.3, -0.25) is 0 Å². The lowest BCUT2D eigenvalue weighted by Gasteiger charge is -2.45. The predicted octanol–water partition coefficient (Wildman–Crippen LogP) is 4.36. The number of aryl methyl sites for hydroxylation is 1. The molecule has 0 saturated heterocycles. The van der Waals surface area contributed by atoms with Gasteiger partial charge in [-0.2, -0.15) is 0 Å². The minimum atomic E-state index is -0.0891. The number of ether oxygens (including phenoxy) is 1. The Morgan fingerprint density at radius 1 is 1.23 bits per heavy atom. The van der Waals surface area contributed by atoms with E-state index in [1.54, 1.807) is 18.3 Å². The van der Waals surface area contributed by atoms with Crippen molar-refractivity contribution in [2.45, 2.75) is 58.0 Å². The summed E-state index contributed by atoms with van der Waals surface area (Å²) >= 11 is 0. The van der Waals surface area contributed by atoms with Crippen LogP contribution in [0.25, 0.3) is 5.57 Å². The number of rotatable bonds is 2. The van der Waals surface area contributed by atoms with Crippen LogP contribution in [0.5, 0.6) is 5.75 Å². The summed E-state index contributed by atoms with van der Waals surface area (Å²) < 4.78 is 5.38. The maximum atomic E-state index is 10.6. The number of allylic oxidation sites excluding steroid dienone is 2. The highest BCUT2D eigenvalue weighted by molar-refractivity contribution is 5.75. The van der Waals surface area contributed by atoms with Gasteiger partial charge in [-0.25, -0.2) is 0 Å². The Morgan fingerprint density at radius 3 is 2.86 bits per heavy atom. The summed E-state index contributed by atoms with van der Waals surface area (Å²) in [5.41, 5.74) is 6.33. The summed E-state index contributed by atoms with van der Waals surface area (Å²) in [5.74, 6) is 1.59. The topological polar surface area (TPSA) is 29.5 Å². The minimum Gasteiger partial charge on any atom is -0.497 e. The van der Waals surface area contributed by atoms with E-state index in [0.29, 0.717) is 5.92 Å². The number of aliphatic hydroxyl groups is 1. The molecule has 2 nitrogen and oxygen atoms in total. The molecule has 1 saturated carbocycles. The van der Waals surface area contributed by atoms with Crippen LogP contribution in [0.2, 0.25) is 0 Å². The van der Waals surface area contributed by atoms with Gasteiger partial charge in [0.15, 0.2) is 0 Å². The fraction of sp³-hybridized carbons (Fsp3) is 0.600. The molecule has 1 fully saturated rings. The van der Waals surface area contributed by atoms with Crippen molar-refractivity contribution in [1.82, 2.24) is 0 Å². The maximum absolute atomic E-state index is 10.6. The van der Waals surface area contributed by atoms with E-state index >= 15 is 0 Å². The molecule has 2 heteroatoms. The van der Waals surface area contributed by atoms with Gasteiger partial charge in [0, 0.05) is 5.41 Å². The van der Waals surface area contributed by atoms with Gasteiger partial charge in [-0.1, -0.05) is 18.6 Å². The van der Waals surface area contributed by atoms with E-state index in [1.165, 1.54) is 24.0 Å². The van der Waals surface area contributed by atoms with Gasteiger partial charge in [0.2, 0.25) is 0 Å². The third kappa shape index (κ3) is 1.83. The Morgan fingerprint density at radius 2 is 2.09 bits per heavy atom. The number of fused-ring (bicyclic) bond motifs is 4. The molecule has 1 N–H and O–H groups in total. The van der Waals surface area contributed by atoms with Gasteiger partial charge in [0.25, 0.3) is 0 Å².